The van der Waals surface area contributed by atoms with Crippen molar-refractivity contribution in [1.82, 2.24) is 9.88 Å². The Morgan fingerprint density at radius 2 is 2.00 bits per heavy atom. The number of halogens is 1. The summed E-state index contributed by atoms with van der Waals surface area (Å²) in [5.41, 5.74) is 2.57. The van der Waals surface area contributed by atoms with E-state index in [0.717, 1.165) is 17.0 Å². The molecule has 2 unspecified atom stereocenters. The highest BCUT2D eigenvalue weighted by atomic mass is 19.1. The fraction of sp³-hybridized carbons (Fsp3) is 0.304. The first kappa shape index (κ1) is 18.4. The van der Waals surface area contributed by atoms with Crippen molar-refractivity contribution < 1.29 is 13.6 Å². The zero-order valence-electron chi connectivity index (χ0n) is 15.8. The lowest BCUT2D eigenvalue weighted by molar-refractivity contribution is -0.126. The topological polar surface area (TPSA) is 46.3 Å². The maximum absolute atomic E-state index is 13.6. The number of alkyl halides is 1. The van der Waals surface area contributed by atoms with Gasteiger partial charge >= 0.3 is 0 Å². The van der Waals surface area contributed by atoms with E-state index >= 15 is 0 Å². The largest absolute Gasteiger partial charge is 0.441 e. The number of oxazole rings is 1. The number of amides is 1. The molecule has 4 nitrogen and oxygen atoms in total. The smallest absolute Gasteiger partial charge is 0.253 e. The van der Waals surface area contributed by atoms with E-state index in [1.807, 2.05) is 42.5 Å². The van der Waals surface area contributed by atoms with Gasteiger partial charge in [0.1, 0.15) is 11.9 Å². The number of rotatable bonds is 3. The summed E-state index contributed by atoms with van der Waals surface area (Å²) < 4.78 is 19.5. The molecule has 0 radical (unpaired) electrons. The number of aromatic nitrogens is 1. The molecule has 2 heterocycles. The van der Waals surface area contributed by atoms with Gasteiger partial charge in [-0.05, 0) is 17.7 Å². The third-order valence-electron chi connectivity index (χ3n) is 5.18. The number of hydrogen-bond donors (Lipinski definition) is 0. The zero-order chi connectivity index (χ0) is 19.5. The van der Waals surface area contributed by atoms with Gasteiger partial charge in [-0.2, -0.15) is 0 Å². The van der Waals surface area contributed by atoms with Crippen LogP contribution in [0.5, 0.6) is 0 Å². The summed E-state index contributed by atoms with van der Waals surface area (Å²) >= 11 is 0. The number of fused-ring (bicyclic) bond motifs is 1. The van der Waals surface area contributed by atoms with Crippen molar-refractivity contribution in [2.45, 2.75) is 25.9 Å². The summed E-state index contributed by atoms with van der Waals surface area (Å²) in [5.74, 6) is 1.11. The first-order valence-corrected chi connectivity index (χ1v) is 9.65. The molecule has 1 amide bonds. The van der Waals surface area contributed by atoms with E-state index < -0.39 is 6.17 Å². The van der Waals surface area contributed by atoms with Crippen LogP contribution < -0.4 is 0 Å². The molecule has 5 heteroatoms. The van der Waals surface area contributed by atoms with Crippen molar-refractivity contribution in [3.8, 4) is 0 Å². The molecule has 1 aromatic heterocycles. The van der Waals surface area contributed by atoms with Crippen LogP contribution in [-0.2, 0) is 17.6 Å². The summed E-state index contributed by atoms with van der Waals surface area (Å²) in [6.45, 7) is 2.94. The minimum absolute atomic E-state index is 0.0515. The Kier molecular flexibility index (Phi) is 5.24. The van der Waals surface area contributed by atoms with Crippen LogP contribution in [0.1, 0.15) is 29.8 Å². The van der Waals surface area contributed by atoms with Crippen LogP contribution in [0.25, 0.3) is 12.2 Å². The number of carbonyl (C=O) groups excluding carboxylic acids is 1. The highest BCUT2D eigenvalue weighted by Gasteiger charge is 2.26. The number of allylic oxidation sites excluding steroid dienone is 2. The molecule has 1 aromatic carbocycles. The molecule has 2 aliphatic rings. The molecule has 0 saturated carbocycles. The second-order valence-corrected chi connectivity index (χ2v) is 7.24. The van der Waals surface area contributed by atoms with Crippen LogP contribution in [0.2, 0.25) is 0 Å². The Labute approximate surface area is 164 Å². The van der Waals surface area contributed by atoms with Gasteiger partial charge in [0.25, 0.3) is 5.91 Å². The molecule has 0 fully saturated rings. The first-order chi connectivity index (χ1) is 13.6. The summed E-state index contributed by atoms with van der Waals surface area (Å²) in [5, 5.41) is 0. The SMILES string of the molecule is CC1C=C(C(=O)N2CCc3nc(C=Cc4ccccc4)oc3CC2)C=CC1F. The minimum atomic E-state index is -1.02. The maximum Gasteiger partial charge on any atom is 0.253 e. The lowest BCUT2D eigenvalue weighted by Crippen LogP contribution is -2.35. The van der Waals surface area contributed by atoms with Crippen molar-refractivity contribution in [2.24, 2.45) is 5.92 Å². The van der Waals surface area contributed by atoms with Gasteiger partial charge in [-0.25, -0.2) is 9.37 Å². The number of carbonyl (C=O) groups is 1. The van der Waals surface area contributed by atoms with Gasteiger partial charge in [-0.15, -0.1) is 0 Å². The summed E-state index contributed by atoms with van der Waals surface area (Å²) in [6.07, 6.45) is 8.90. The number of hydrogen-bond acceptors (Lipinski definition) is 3. The van der Waals surface area contributed by atoms with E-state index in [1.54, 1.807) is 24.0 Å². The Balaban J connectivity index is 1.42. The lowest BCUT2D eigenvalue weighted by Gasteiger charge is -2.23. The van der Waals surface area contributed by atoms with Crippen molar-refractivity contribution >= 4 is 18.1 Å². The van der Waals surface area contributed by atoms with E-state index in [4.69, 9.17) is 4.42 Å². The van der Waals surface area contributed by atoms with Crippen molar-refractivity contribution in [1.29, 1.82) is 0 Å². The van der Waals surface area contributed by atoms with Gasteiger partial charge in [0.15, 0.2) is 0 Å². The van der Waals surface area contributed by atoms with Crippen molar-refractivity contribution in [3.63, 3.8) is 0 Å². The van der Waals surface area contributed by atoms with E-state index in [9.17, 15) is 9.18 Å². The van der Waals surface area contributed by atoms with Gasteiger partial charge in [0, 0.05) is 43.5 Å². The molecule has 1 aliphatic heterocycles. The summed E-state index contributed by atoms with van der Waals surface area (Å²) in [6, 6.07) is 10.00. The summed E-state index contributed by atoms with van der Waals surface area (Å²) in [4.78, 5) is 19.2. The molecule has 144 valence electrons. The number of benzene rings is 1. The predicted molar refractivity (Wildman–Crippen MR) is 107 cm³/mol. The lowest BCUT2D eigenvalue weighted by atomic mass is 9.95. The molecule has 0 N–H and O–H groups in total. The molecule has 0 saturated heterocycles. The third kappa shape index (κ3) is 3.98. The number of nitrogens with zero attached hydrogens (tertiary/aromatic N) is 2. The standard InChI is InChI=1S/C23H23FN2O2/c1-16-15-18(8-9-19(16)24)23(27)26-13-11-20-21(12-14-26)28-22(25-20)10-7-17-5-3-2-4-6-17/h2-10,15-16,19H,11-14H2,1H3. The molecule has 0 spiro atoms. The first-order valence-electron chi connectivity index (χ1n) is 9.65. The second kappa shape index (κ2) is 7.97. The molecule has 2 atom stereocenters. The average molecular weight is 378 g/mol. The normalized spacial score (nSPS) is 22.1. The van der Waals surface area contributed by atoms with Gasteiger partial charge < -0.3 is 9.32 Å². The Bertz CT molecular complexity index is 917. The monoisotopic (exact) mass is 378 g/mol. The average Bonchev–Trinajstić information content (AvgIpc) is 3.00. The van der Waals surface area contributed by atoms with Gasteiger partial charge in [-0.1, -0.05) is 49.4 Å². The maximum atomic E-state index is 13.6. The van der Waals surface area contributed by atoms with Crippen LogP contribution in [0.15, 0.2) is 58.6 Å². The highest BCUT2D eigenvalue weighted by molar-refractivity contribution is 5.96. The molecule has 28 heavy (non-hydrogen) atoms. The highest BCUT2D eigenvalue weighted by Crippen LogP contribution is 2.23. The van der Waals surface area contributed by atoms with Crippen molar-refractivity contribution in [3.05, 3.63) is 77.0 Å². The fourth-order valence-corrected chi connectivity index (χ4v) is 3.52. The van der Waals surface area contributed by atoms with Gasteiger partial charge in [0.05, 0.1) is 5.69 Å². The van der Waals surface area contributed by atoms with E-state index in [-0.39, 0.29) is 11.8 Å². The van der Waals surface area contributed by atoms with E-state index in [2.05, 4.69) is 4.98 Å². The summed E-state index contributed by atoms with van der Waals surface area (Å²) in [7, 11) is 0. The van der Waals surface area contributed by atoms with Crippen LogP contribution in [0, 0.1) is 5.92 Å². The second-order valence-electron chi connectivity index (χ2n) is 7.24. The van der Waals surface area contributed by atoms with Gasteiger partial charge in [-0.3, -0.25) is 4.79 Å². The Morgan fingerprint density at radius 3 is 2.79 bits per heavy atom. The molecule has 2 aromatic rings. The van der Waals surface area contributed by atoms with Gasteiger partial charge in [0.2, 0.25) is 5.89 Å². The zero-order valence-corrected chi connectivity index (χ0v) is 15.8. The minimum Gasteiger partial charge on any atom is -0.441 e. The third-order valence-corrected chi connectivity index (χ3v) is 5.18. The fourth-order valence-electron chi connectivity index (χ4n) is 3.52. The molecule has 4 rings (SSSR count). The van der Waals surface area contributed by atoms with Crippen LogP contribution in [0.3, 0.4) is 0 Å². The van der Waals surface area contributed by atoms with Crippen LogP contribution >= 0.6 is 0 Å². The molecule has 0 bridgehead atoms. The van der Waals surface area contributed by atoms with Crippen molar-refractivity contribution in [2.75, 3.05) is 13.1 Å². The van der Waals surface area contributed by atoms with E-state index in [0.29, 0.717) is 37.4 Å². The van der Waals surface area contributed by atoms with Crippen LogP contribution in [-0.4, -0.2) is 35.1 Å². The quantitative estimate of drug-likeness (QED) is 0.802. The Hall–Kier alpha value is -2.95. The molecule has 1 aliphatic carbocycles. The molecular weight excluding hydrogens is 355 g/mol. The van der Waals surface area contributed by atoms with E-state index in [1.165, 1.54) is 6.08 Å². The van der Waals surface area contributed by atoms with Crippen LogP contribution in [0.4, 0.5) is 4.39 Å². The molecular formula is C23H23FN2O2. The predicted octanol–water partition coefficient (Wildman–Crippen LogP) is 4.24. The Morgan fingerprint density at radius 1 is 1.21 bits per heavy atom.